The Labute approximate surface area is 210 Å². The number of methoxy groups -OCH3 is 1. The van der Waals surface area contributed by atoms with Crippen molar-refractivity contribution in [2.75, 3.05) is 23.8 Å². The first-order valence-corrected chi connectivity index (χ1v) is 12.4. The van der Waals surface area contributed by atoms with Gasteiger partial charge in [0.15, 0.2) is 5.11 Å². The van der Waals surface area contributed by atoms with Gasteiger partial charge in [0.1, 0.15) is 5.75 Å². The summed E-state index contributed by atoms with van der Waals surface area (Å²) < 4.78 is 38.9. The van der Waals surface area contributed by atoms with Gasteiger partial charge in [-0.1, -0.05) is 15.9 Å². The van der Waals surface area contributed by atoms with Gasteiger partial charge in [0, 0.05) is 22.6 Å². The van der Waals surface area contributed by atoms with E-state index in [1.54, 1.807) is 18.2 Å². The maximum absolute atomic E-state index is 12.7. The van der Waals surface area contributed by atoms with Crippen LogP contribution in [0.4, 0.5) is 11.5 Å². The van der Waals surface area contributed by atoms with Crippen molar-refractivity contribution < 1.29 is 22.7 Å². The molecule has 0 unspecified atom stereocenters. The molecule has 3 aromatic rings. The van der Waals surface area contributed by atoms with Gasteiger partial charge in [-0.25, -0.2) is 18.4 Å². The number of thiocarbonyl (C=S) groups is 1. The second kappa shape index (κ2) is 11.2. The number of sulfonamides is 1. The molecule has 0 fully saturated rings. The van der Waals surface area contributed by atoms with Crippen LogP contribution in [0.3, 0.4) is 0 Å². The first-order valence-electron chi connectivity index (χ1n) is 9.76. The third-order valence-electron chi connectivity index (χ3n) is 4.22. The Balaban J connectivity index is 1.67. The van der Waals surface area contributed by atoms with Crippen LogP contribution in [0.15, 0.2) is 64.2 Å². The molecule has 0 aliphatic heterocycles. The van der Waals surface area contributed by atoms with Gasteiger partial charge >= 0.3 is 0 Å². The molecule has 0 aliphatic rings. The molecule has 34 heavy (non-hydrogen) atoms. The molecule has 0 radical (unpaired) electrons. The van der Waals surface area contributed by atoms with E-state index in [2.05, 4.69) is 41.3 Å². The SMILES string of the molecule is CCOc1ccc(Br)cc1C(=O)NC(=S)Nc1ccc(S(=O)(=O)Nc2nccnc2OC)cc1. The molecule has 3 N–H and O–H groups in total. The summed E-state index contributed by atoms with van der Waals surface area (Å²) in [6, 6.07) is 10.8. The van der Waals surface area contributed by atoms with Crippen molar-refractivity contribution in [1.29, 1.82) is 0 Å². The number of aromatic nitrogens is 2. The lowest BCUT2D eigenvalue weighted by Crippen LogP contribution is -2.34. The lowest BCUT2D eigenvalue weighted by atomic mass is 10.2. The van der Waals surface area contributed by atoms with Crippen LogP contribution in [-0.4, -0.2) is 43.1 Å². The highest BCUT2D eigenvalue weighted by Gasteiger charge is 2.19. The number of anilines is 2. The fourth-order valence-electron chi connectivity index (χ4n) is 2.74. The number of carbonyl (C=O) groups is 1. The maximum Gasteiger partial charge on any atom is 0.263 e. The van der Waals surface area contributed by atoms with Crippen LogP contribution in [0, 0.1) is 0 Å². The number of benzene rings is 2. The number of nitrogens with zero attached hydrogens (tertiary/aromatic N) is 2. The fourth-order valence-corrected chi connectivity index (χ4v) is 4.32. The highest BCUT2D eigenvalue weighted by Crippen LogP contribution is 2.24. The molecule has 0 spiro atoms. The van der Waals surface area contributed by atoms with Crippen molar-refractivity contribution in [1.82, 2.24) is 15.3 Å². The van der Waals surface area contributed by atoms with Crippen molar-refractivity contribution in [2.24, 2.45) is 0 Å². The Morgan fingerprint density at radius 2 is 1.82 bits per heavy atom. The minimum atomic E-state index is -3.94. The Hall–Kier alpha value is -3.29. The van der Waals surface area contributed by atoms with E-state index >= 15 is 0 Å². The Bertz CT molecular complexity index is 1300. The van der Waals surface area contributed by atoms with Crippen molar-refractivity contribution >= 4 is 60.7 Å². The molecule has 0 aliphatic carbocycles. The molecule has 0 bridgehead atoms. The number of carbonyl (C=O) groups excluding carboxylic acids is 1. The quantitative estimate of drug-likeness (QED) is 0.350. The zero-order valence-corrected chi connectivity index (χ0v) is 21.3. The highest BCUT2D eigenvalue weighted by atomic mass is 79.9. The van der Waals surface area contributed by atoms with E-state index in [1.165, 1.54) is 43.8 Å². The van der Waals surface area contributed by atoms with Gasteiger partial charge < -0.3 is 14.8 Å². The van der Waals surface area contributed by atoms with E-state index in [-0.39, 0.29) is 21.7 Å². The number of amides is 1. The number of hydrogen-bond acceptors (Lipinski definition) is 8. The summed E-state index contributed by atoms with van der Waals surface area (Å²) in [4.78, 5) is 20.5. The van der Waals surface area contributed by atoms with Gasteiger partial charge in [0.2, 0.25) is 5.82 Å². The number of rotatable bonds is 8. The predicted octanol–water partition coefficient (Wildman–Crippen LogP) is 3.57. The Kier molecular flexibility index (Phi) is 8.36. The molecule has 0 saturated heterocycles. The number of nitrogens with one attached hydrogen (secondary N) is 3. The second-order valence-electron chi connectivity index (χ2n) is 6.53. The average molecular weight is 566 g/mol. The molecule has 1 aromatic heterocycles. The third-order valence-corrected chi connectivity index (χ3v) is 6.28. The molecule has 0 saturated carbocycles. The summed E-state index contributed by atoms with van der Waals surface area (Å²) in [5, 5.41) is 5.46. The zero-order valence-electron chi connectivity index (χ0n) is 18.0. The largest absolute Gasteiger partial charge is 0.493 e. The van der Waals surface area contributed by atoms with Crippen LogP contribution in [0.2, 0.25) is 0 Å². The molecular formula is C21H20BrN5O5S2. The first-order chi connectivity index (χ1) is 16.2. The Morgan fingerprint density at radius 3 is 2.50 bits per heavy atom. The summed E-state index contributed by atoms with van der Waals surface area (Å²) in [7, 11) is -2.58. The molecule has 0 atom stereocenters. The van der Waals surface area contributed by atoms with Crippen LogP contribution in [0.25, 0.3) is 0 Å². The summed E-state index contributed by atoms with van der Waals surface area (Å²) in [6.07, 6.45) is 2.72. The molecular weight excluding hydrogens is 546 g/mol. The first kappa shape index (κ1) is 25.3. The molecule has 178 valence electrons. The fraction of sp³-hybridized carbons (Fsp3) is 0.143. The zero-order chi connectivity index (χ0) is 24.7. The summed E-state index contributed by atoms with van der Waals surface area (Å²) in [5.41, 5.74) is 0.785. The molecule has 10 nitrogen and oxygen atoms in total. The van der Waals surface area contributed by atoms with Crippen molar-refractivity contribution in [3.05, 3.63) is 64.9 Å². The molecule has 13 heteroatoms. The standard InChI is InChI=1S/C21H20BrN5O5S2/c1-3-32-17-9-4-13(22)12-16(17)19(28)26-21(33)25-14-5-7-15(8-6-14)34(29,30)27-18-20(31-2)24-11-10-23-18/h4-12H,3H2,1-2H3,(H,23,27)(H2,25,26,28,33). The lowest BCUT2D eigenvalue weighted by molar-refractivity contribution is 0.0974. The van der Waals surface area contributed by atoms with Gasteiger partial charge in [0.25, 0.3) is 21.8 Å². The van der Waals surface area contributed by atoms with E-state index in [0.29, 0.717) is 28.1 Å². The number of ether oxygens (including phenoxy) is 2. The van der Waals surface area contributed by atoms with Crippen molar-refractivity contribution in [2.45, 2.75) is 11.8 Å². The number of halogens is 1. The molecule has 2 aromatic carbocycles. The van der Waals surface area contributed by atoms with Crippen molar-refractivity contribution in [3.63, 3.8) is 0 Å². The normalized spacial score (nSPS) is 10.8. The van der Waals surface area contributed by atoms with E-state index < -0.39 is 15.9 Å². The third kappa shape index (κ3) is 6.40. The maximum atomic E-state index is 12.7. The topological polar surface area (TPSA) is 132 Å². The van der Waals surface area contributed by atoms with E-state index in [4.69, 9.17) is 21.7 Å². The minimum absolute atomic E-state index is 0.0174. The van der Waals surface area contributed by atoms with Crippen LogP contribution in [0.1, 0.15) is 17.3 Å². The van der Waals surface area contributed by atoms with Gasteiger partial charge in [-0.3, -0.25) is 14.8 Å². The highest BCUT2D eigenvalue weighted by molar-refractivity contribution is 9.10. The average Bonchev–Trinajstić information content (AvgIpc) is 2.80. The van der Waals surface area contributed by atoms with Crippen LogP contribution >= 0.6 is 28.1 Å². The van der Waals surface area contributed by atoms with E-state index in [1.807, 2.05) is 6.92 Å². The van der Waals surface area contributed by atoms with Gasteiger partial charge in [0.05, 0.1) is 24.2 Å². The summed E-state index contributed by atoms with van der Waals surface area (Å²) >= 11 is 8.55. The van der Waals surface area contributed by atoms with Crippen LogP contribution in [-0.2, 0) is 10.0 Å². The molecule has 1 amide bonds. The summed E-state index contributed by atoms with van der Waals surface area (Å²) in [6.45, 7) is 2.22. The second-order valence-corrected chi connectivity index (χ2v) is 9.53. The van der Waals surface area contributed by atoms with Crippen LogP contribution < -0.4 is 24.8 Å². The van der Waals surface area contributed by atoms with Crippen molar-refractivity contribution in [3.8, 4) is 11.6 Å². The molecule has 1 heterocycles. The smallest absolute Gasteiger partial charge is 0.263 e. The monoisotopic (exact) mass is 565 g/mol. The van der Waals surface area contributed by atoms with Crippen LogP contribution in [0.5, 0.6) is 11.6 Å². The van der Waals surface area contributed by atoms with Gasteiger partial charge in [-0.2, -0.15) is 0 Å². The number of hydrogen-bond donors (Lipinski definition) is 3. The van der Waals surface area contributed by atoms with E-state index in [0.717, 1.165) is 0 Å². The lowest BCUT2D eigenvalue weighted by Gasteiger charge is -2.13. The molecule has 3 rings (SSSR count). The minimum Gasteiger partial charge on any atom is -0.493 e. The van der Waals surface area contributed by atoms with Gasteiger partial charge in [-0.15, -0.1) is 0 Å². The summed E-state index contributed by atoms with van der Waals surface area (Å²) in [5.74, 6) is -0.0187. The Morgan fingerprint density at radius 1 is 1.12 bits per heavy atom. The predicted molar refractivity (Wildman–Crippen MR) is 135 cm³/mol. The van der Waals surface area contributed by atoms with Gasteiger partial charge in [-0.05, 0) is 61.6 Å². The van der Waals surface area contributed by atoms with E-state index in [9.17, 15) is 13.2 Å².